The lowest BCUT2D eigenvalue weighted by atomic mass is 10.1. The van der Waals surface area contributed by atoms with Gasteiger partial charge in [0.05, 0.1) is 19.2 Å². The summed E-state index contributed by atoms with van der Waals surface area (Å²) in [4.78, 5) is 0. The van der Waals surface area contributed by atoms with E-state index in [0.29, 0.717) is 30.7 Å². The molecule has 116 valence electrons. The van der Waals surface area contributed by atoms with Gasteiger partial charge in [-0.1, -0.05) is 0 Å². The first-order valence-corrected chi connectivity index (χ1v) is 6.92. The van der Waals surface area contributed by atoms with Crippen LogP contribution in [0.4, 0.5) is 0 Å². The van der Waals surface area contributed by atoms with Gasteiger partial charge in [-0.15, -0.1) is 0 Å². The number of nitrogens with one attached hydrogen (secondary N) is 1. The van der Waals surface area contributed by atoms with E-state index in [0.717, 1.165) is 0 Å². The SMILES string of the molecule is CNC(CO)C[N+](CC(C)O)(CC(C)O)CC(C)O. The maximum atomic E-state index is 9.71. The van der Waals surface area contributed by atoms with Crippen LogP contribution in [0.25, 0.3) is 0 Å². The van der Waals surface area contributed by atoms with Crippen molar-refractivity contribution in [3.8, 4) is 0 Å². The lowest BCUT2D eigenvalue weighted by molar-refractivity contribution is -0.936. The normalized spacial score (nSPS) is 21.5. The molecule has 0 aliphatic heterocycles. The van der Waals surface area contributed by atoms with E-state index in [4.69, 9.17) is 0 Å². The van der Waals surface area contributed by atoms with Crippen LogP contribution in [0.5, 0.6) is 0 Å². The van der Waals surface area contributed by atoms with Crippen molar-refractivity contribution >= 4 is 0 Å². The number of aliphatic hydroxyl groups excluding tert-OH is 4. The van der Waals surface area contributed by atoms with Gasteiger partial charge in [0.1, 0.15) is 37.9 Å². The van der Waals surface area contributed by atoms with E-state index in [2.05, 4.69) is 5.32 Å². The second-order valence-corrected chi connectivity index (χ2v) is 5.79. The predicted octanol–water partition coefficient (Wildman–Crippen LogP) is -1.47. The molecule has 5 N–H and O–H groups in total. The van der Waals surface area contributed by atoms with Crippen molar-refractivity contribution in [2.75, 3.05) is 39.8 Å². The second kappa shape index (κ2) is 8.84. The monoisotopic (exact) mass is 279 g/mol. The first-order valence-electron chi connectivity index (χ1n) is 6.92. The fraction of sp³-hybridized carbons (Fsp3) is 1.00. The quantitative estimate of drug-likeness (QED) is 0.315. The van der Waals surface area contributed by atoms with Crippen molar-refractivity contribution in [2.24, 2.45) is 0 Å². The van der Waals surface area contributed by atoms with Crippen molar-refractivity contribution < 1.29 is 24.9 Å². The highest BCUT2D eigenvalue weighted by molar-refractivity contribution is 4.66. The lowest BCUT2D eigenvalue weighted by Crippen LogP contribution is -2.62. The van der Waals surface area contributed by atoms with Gasteiger partial charge in [-0.3, -0.25) is 0 Å². The molecule has 6 nitrogen and oxygen atoms in total. The number of nitrogens with zero attached hydrogens (tertiary/aromatic N) is 1. The van der Waals surface area contributed by atoms with Gasteiger partial charge in [0.2, 0.25) is 0 Å². The molecule has 0 aromatic carbocycles. The Morgan fingerprint density at radius 3 is 1.42 bits per heavy atom. The highest BCUT2D eigenvalue weighted by Crippen LogP contribution is 2.14. The van der Waals surface area contributed by atoms with E-state index >= 15 is 0 Å². The zero-order valence-electron chi connectivity index (χ0n) is 12.6. The summed E-state index contributed by atoms with van der Waals surface area (Å²) < 4.78 is 0.374. The molecule has 0 heterocycles. The number of hydrogen-bond acceptors (Lipinski definition) is 5. The standard InChI is InChI=1S/C13H31N2O4/c1-10(17)5-15(6-11(2)18,7-12(3)19)8-13(9-16)14-4/h10-14,16-19H,5-9H2,1-4H3/q+1. The second-order valence-electron chi connectivity index (χ2n) is 5.79. The summed E-state index contributed by atoms with van der Waals surface area (Å²) in [5.41, 5.74) is 0. The Hall–Kier alpha value is -0.240. The van der Waals surface area contributed by atoms with Crippen molar-refractivity contribution in [1.82, 2.24) is 5.32 Å². The summed E-state index contributed by atoms with van der Waals surface area (Å²) in [5.74, 6) is 0. The highest BCUT2D eigenvalue weighted by atomic mass is 16.3. The minimum absolute atomic E-state index is 0.0179. The number of rotatable bonds is 10. The van der Waals surface area contributed by atoms with Crippen LogP contribution >= 0.6 is 0 Å². The lowest BCUT2D eigenvalue weighted by Gasteiger charge is -2.43. The van der Waals surface area contributed by atoms with Gasteiger partial charge in [-0.05, 0) is 27.8 Å². The van der Waals surface area contributed by atoms with Gasteiger partial charge in [-0.2, -0.15) is 0 Å². The Morgan fingerprint density at radius 1 is 0.842 bits per heavy atom. The van der Waals surface area contributed by atoms with Gasteiger partial charge in [0.15, 0.2) is 0 Å². The molecule has 0 aliphatic rings. The van der Waals surface area contributed by atoms with Crippen molar-refractivity contribution in [1.29, 1.82) is 0 Å². The van der Waals surface area contributed by atoms with E-state index in [1.54, 1.807) is 27.8 Å². The molecule has 4 atom stereocenters. The summed E-state index contributed by atoms with van der Waals surface area (Å²) in [6.45, 7) is 6.94. The van der Waals surface area contributed by atoms with Crippen LogP contribution < -0.4 is 5.32 Å². The number of hydrogen-bond donors (Lipinski definition) is 5. The van der Waals surface area contributed by atoms with Crippen LogP contribution in [0.15, 0.2) is 0 Å². The Labute approximate surface area is 116 Å². The maximum absolute atomic E-state index is 9.71. The average Bonchev–Trinajstić information content (AvgIpc) is 2.22. The topological polar surface area (TPSA) is 93.0 Å². The van der Waals surface area contributed by atoms with Crippen LogP contribution in [0.1, 0.15) is 20.8 Å². The average molecular weight is 279 g/mol. The molecule has 6 heteroatoms. The first-order chi connectivity index (χ1) is 8.74. The van der Waals surface area contributed by atoms with Crippen LogP contribution in [-0.2, 0) is 0 Å². The highest BCUT2D eigenvalue weighted by Gasteiger charge is 2.34. The molecule has 0 aromatic heterocycles. The number of aliphatic hydroxyl groups is 4. The van der Waals surface area contributed by atoms with Crippen LogP contribution in [0, 0.1) is 0 Å². The number of likely N-dealkylation sites (N-methyl/N-ethyl adjacent to an activating group) is 1. The molecular weight excluding hydrogens is 248 g/mol. The fourth-order valence-corrected chi connectivity index (χ4v) is 2.84. The molecule has 0 saturated carbocycles. The van der Waals surface area contributed by atoms with Crippen molar-refractivity contribution in [3.05, 3.63) is 0 Å². The molecule has 0 amide bonds. The molecule has 19 heavy (non-hydrogen) atoms. The van der Waals surface area contributed by atoms with Gasteiger partial charge in [0, 0.05) is 0 Å². The summed E-state index contributed by atoms with van der Waals surface area (Å²) >= 11 is 0. The molecule has 0 fully saturated rings. The molecule has 0 spiro atoms. The molecule has 0 aromatic rings. The molecule has 0 radical (unpaired) electrons. The van der Waals surface area contributed by atoms with Crippen molar-refractivity contribution in [3.63, 3.8) is 0 Å². The number of quaternary nitrogens is 1. The smallest absolute Gasteiger partial charge is 0.105 e. The third-order valence-electron chi connectivity index (χ3n) is 3.19. The molecule has 0 bridgehead atoms. The summed E-state index contributed by atoms with van der Waals surface area (Å²) in [5, 5.41) is 41.5. The minimum atomic E-state index is -0.534. The maximum Gasteiger partial charge on any atom is 0.105 e. The summed E-state index contributed by atoms with van der Waals surface area (Å²) in [6, 6.07) is -0.128. The van der Waals surface area contributed by atoms with Crippen LogP contribution in [-0.4, -0.2) is 89.1 Å². The van der Waals surface area contributed by atoms with E-state index < -0.39 is 18.3 Å². The first kappa shape index (κ1) is 18.8. The Kier molecular flexibility index (Phi) is 8.73. The minimum Gasteiger partial charge on any atom is -0.395 e. The largest absolute Gasteiger partial charge is 0.395 e. The molecule has 0 aliphatic carbocycles. The summed E-state index contributed by atoms with van der Waals surface area (Å²) in [6.07, 6.45) is -1.60. The Morgan fingerprint density at radius 2 is 1.21 bits per heavy atom. The summed E-state index contributed by atoms with van der Waals surface area (Å²) in [7, 11) is 1.77. The van der Waals surface area contributed by atoms with Gasteiger partial charge >= 0.3 is 0 Å². The van der Waals surface area contributed by atoms with Crippen LogP contribution in [0.2, 0.25) is 0 Å². The Balaban J connectivity index is 5.08. The van der Waals surface area contributed by atoms with E-state index in [9.17, 15) is 20.4 Å². The van der Waals surface area contributed by atoms with E-state index in [1.165, 1.54) is 0 Å². The fourth-order valence-electron chi connectivity index (χ4n) is 2.84. The van der Waals surface area contributed by atoms with Gasteiger partial charge < -0.3 is 30.2 Å². The van der Waals surface area contributed by atoms with Gasteiger partial charge in [0.25, 0.3) is 0 Å². The van der Waals surface area contributed by atoms with Gasteiger partial charge in [-0.25, -0.2) is 0 Å². The van der Waals surface area contributed by atoms with E-state index in [-0.39, 0.29) is 12.6 Å². The zero-order chi connectivity index (χ0) is 15.1. The Bertz CT molecular complexity index is 204. The molecule has 4 unspecified atom stereocenters. The molecule has 0 rings (SSSR count). The third kappa shape index (κ3) is 7.81. The molecule has 0 saturated heterocycles. The molecular formula is C13H31N2O4+. The third-order valence-corrected chi connectivity index (χ3v) is 3.19. The van der Waals surface area contributed by atoms with E-state index in [1.807, 2.05) is 0 Å². The zero-order valence-corrected chi connectivity index (χ0v) is 12.6. The van der Waals surface area contributed by atoms with Crippen molar-refractivity contribution in [2.45, 2.75) is 45.1 Å². The van der Waals surface area contributed by atoms with Crippen LogP contribution in [0.3, 0.4) is 0 Å². The predicted molar refractivity (Wildman–Crippen MR) is 74.7 cm³/mol.